The predicted molar refractivity (Wildman–Crippen MR) is 80.1 cm³/mol. The topological polar surface area (TPSA) is 59.2 Å². The van der Waals surface area contributed by atoms with Gasteiger partial charge in [0.05, 0.1) is 6.54 Å². The molecule has 0 aliphatic carbocycles. The van der Waals surface area contributed by atoms with Crippen LogP contribution in [0.2, 0.25) is 0 Å². The van der Waals surface area contributed by atoms with Crippen LogP contribution in [0.1, 0.15) is 48.9 Å². The van der Waals surface area contributed by atoms with Crippen molar-refractivity contribution < 1.29 is 4.79 Å². The summed E-state index contributed by atoms with van der Waals surface area (Å²) < 4.78 is 0. The van der Waals surface area contributed by atoms with Gasteiger partial charge in [0.15, 0.2) is 0 Å². The van der Waals surface area contributed by atoms with Crippen LogP contribution in [0.25, 0.3) is 0 Å². The van der Waals surface area contributed by atoms with Crippen LogP contribution < -0.4 is 5.73 Å². The van der Waals surface area contributed by atoms with Crippen LogP contribution in [-0.4, -0.2) is 29.4 Å². The Morgan fingerprint density at radius 3 is 2.74 bits per heavy atom. The van der Waals surface area contributed by atoms with Gasteiger partial charge in [0.25, 0.3) is 0 Å². The Morgan fingerprint density at radius 1 is 1.37 bits per heavy atom. The fraction of sp³-hybridized carbons (Fsp3) is 0.714. The molecule has 0 spiro atoms. The van der Waals surface area contributed by atoms with Crippen molar-refractivity contribution in [3.05, 3.63) is 16.1 Å². The molecular weight excluding hydrogens is 258 g/mol. The maximum atomic E-state index is 11.9. The van der Waals surface area contributed by atoms with E-state index in [-0.39, 0.29) is 5.91 Å². The third kappa shape index (κ3) is 6.16. The second-order valence-electron chi connectivity index (χ2n) is 4.78. The summed E-state index contributed by atoms with van der Waals surface area (Å²) in [4.78, 5) is 19.3. The highest BCUT2D eigenvalue weighted by molar-refractivity contribution is 7.11. The van der Waals surface area contributed by atoms with Gasteiger partial charge < -0.3 is 10.6 Å². The minimum absolute atomic E-state index is 0.209. The molecule has 0 atom stereocenters. The van der Waals surface area contributed by atoms with E-state index in [1.54, 1.807) is 16.2 Å². The van der Waals surface area contributed by atoms with Gasteiger partial charge in [-0.25, -0.2) is 4.98 Å². The van der Waals surface area contributed by atoms with E-state index in [1.165, 1.54) is 4.88 Å². The first-order valence-electron chi connectivity index (χ1n) is 7.05. The number of unbranched alkanes of at least 4 members (excludes halogenated alkanes) is 3. The fourth-order valence-corrected chi connectivity index (χ4v) is 2.76. The number of nitrogens with zero attached hydrogens (tertiary/aromatic N) is 2. The number of amides is 1. The van der Waals surface area contributed by atoms with E-state index in [2.05, 4.69) is 11.9 Å². The lowest BCUT2D eigenvalue weighted by molar-refractivity contribution is -0.130. The van der Waals surface area contributed by atoms with Gasteiger partial charge in [-0.1, -0.05) is 19.8 Å². The Hall–Kier alpha value is -0.940. The smallest absolute Gasteiger partial charge is 0.222 e. The first-order valence-corrected chi connectivity index (χ1v) is 7.86. The van der Waals surface area contributed by atoms with Crippen LogP contribution in [0.15, 0.2) is 6.20 Å². The second-order valence-corrected chi connectivity index (χ2v) is 5.98. The van der Waals surface area contributed by atoms with Crippen molar-refractivity contribution in [2.45, 2.75) is 52.0 Å². The first-order chi connectivity index (χ1) is 9.17. The minimum atomic E-state index is 0.209. The Kier molecular flexibility index (Phi) is 7.67. The Labute approximate surface area is 120 Å². The highest BCUT2D eigenvalue weighted by atomic mass is 32.1. The summed E-state index contributed by atoms with van der Waals surface area (Å²) >= 11 is 1.69. The van der Waals surface area contributed by atoms with Crippen molar-refractivity contribution in [3.8, 4) is 0 Å². The molecule has 0 aromatic carbocycles. The molecular formula is C14H25N3OS. The van der Waals surface area contributed by atoms with E-state index in [0.717, 1.165) is 43.7 Å². The van der Waals surface area contributed by atoms with Crippen LogP contribution >= 0.6 is 11.3 Å². The molecule has 0 saturated heterocycles. The van der Waals surface area contributed by atoms with Gasteiger partial charge in [0.2, 0.25) is 5.91 Å². The number of thiazole rings is 1. The molecule has 0 bridgehead atoms. The average molecular weight is 283 g/mol. The number of hydrogen-bond donors (Lipinski definition) is 1. The summed E-state index contributed by atoms with van der Waals surface area (Å²) in [7, 11) is 1.86. The lowest BCUT2D eigenvalue weighted by Gasteiger charge is -2.15. The molecule has 0 unspecified atom stereocenters. The third-order valence-corrected chi connectivity index (χ3v) is 4.22. The number of nitrogens with two attached hydrogens (primary N) is 1. The summed E-state index contributed by atoms with van der Waals surface area (Å²) in [5.41, 5.74) is 5.44. The molecule has 0 aliphatic rings. The predicted octanol–water partition coefficient (Wildman–Crippen LogP) is 2.57. The highest BCUT2D eigenvalue weighted by Crippen LogP contribution is 2.15. The van der Waals surface area contributed by atoms with Crippen LogP contribution in [0.5, 0.6) is 0 Å². The Morgan fingerprint density at radius 2 is 2.11 bits per heavy atom. The third-order valence-electron chi connectivity index (χ3n) is 3.09. The molecule has 0 aliphatic heterocycles. The SMILES string of the molecule is CCc1cnc(CN(C)C(=O)CCCCCCN)s1. The van der Waals surface area contributed by atoms with Crippen LogP contribution in [0.4, 0.5) is 0 Å². The minimum Gasteiger partial charge on any atom is -0.339 e. The first kappa shape index (κ1) is 16.1. The molecule has 1 aromatic rings. The summed E-state index contributed by atoms with van der Waals surface area (Å²) in [6.45, 7) is 3.50. The summed E-state index contributed by atoms with van der Waals surface area (Å²) in [6.07, 6.45) is 7.78. The van der Waals surface area contributed by atoms with Gasteiger partial charge in [-0.2, -0.15) is 0 Å². The molecule has 2 N–H and O–H groups in total. The molecule has 4 nitrogen and oxygen atoms in total. The van der Waals surface area contributed by atoms with Gasteiger partial charge in [0.1, 0.15) is 5.01 Å². The zero-order valence-electron chi connectivity index (χ0n) is 12.0. The Bertz CT molecular complexity index is 379. The van der Waals surface area contributed by atoms with Crippen molar-refractivity contribution in [3.63, 3.8) is 0 Å². The van der Waals surface area contributed by atoms with Gasteiger partial charge in [-0.3, -0.25) is 4.79 Å². The number of carbonyl (C=O) groups is 1. The number of carbonyl (C=O) groups excluding carboxylic acids is 1. The zero-order valence-corrected chi connectivity index (χ0v) is 12.8. The summed E-state index contributed by atoms with van der Waals surface area (Å²) in [6, 6.07) is 0. The monoisotopic (exact) mass is 283 g/mol. The lowest BCUT2D eigenvalue weighted by atomic mass is 10.1. The number of aryl methyl sites for hydroxylation is 1. The van der Waals surface area contributed by atoms with E-state index < -0.39 is 0 Å². The van der Waals surface area contributed by atoms with E-state index >= 15 is 0 Å². The molecule has 0 fully saturated rings. The number of hydrogen-bond acceptors (Lipinski definition) is 4. The van der Waals surface area contributed by atoms with Crippen molar-refractivity contribution in [2.75, 3.05) is 13.6 Å². The Balaban J connectivity index is 2.24. The van der Waals surface area contributed by atoms with E-state index in [1.807, 2.05) is 13.2 Å². The molecule has 1 amide bonds. The number of aromatic nitrogens is 1. The maximum Gasteiger partial charge on any atom is 0.222 e. The fourth-order valence-electron chi connectivity index (χ4n) is 1.84. The summed E-state index contributed by atoms with van der Waals surface area (Å²) in [5.74, 6) is 0.209. The van der Waals surface area contributed by atoms with Crippen molar-refractivity contribution in [1.82, 2.24) is 9.88 Å². The van der Waals surface area contributed by atoms with Gasteiger partial charge in [-0.15, -0.1) is 11.3 Å². The largest absolute Gasteiger partial charge is 0.339 e. The van der Waals surface area contributed by atoms with Crippen LogP contribution in [-0.2, 0) is 17.8 Å². The van der Waals surface area contributed by atoms with Crippen molar-refractivity contribution in [1.29, 1.82) is 0 Å². The zero-order chi connectivity index (χ0) is 14.1. The molecule has 108 valence electrons. The van der Waals surface area contributed by atoms with Gasteiger partial charge in [-0.05, 0) is 25.8 Å². The molecule has 1 rings (SSSR count). The average Bonchev–Trinajstić information content (AvgIpc) is 2.85. The standard InChI is InChI=1S/C14H25N3OS/c1-3-12-10-16-13(19-12)11-17(2)14(18)8-6-4-5-7-9-15/h10H,3-9,11,15H2,1-2H3. The van der Waals surface area contributed by atoms with Crippen molar-refractivity contribution in [2.24, 2.45) is 5.73 Å². The molecule has 5 heteroatoms. The summed E-state index contributed by atoms with van der Waals surface area (Å²) in [5, 5.41) is 1.02. The molecule has 0 saturated carbocycles. The van der Waals surface area contributed by atoms with Gasteiger partial charge in [0, 0.05) is 24.5 Å². The molecule has 1 heterocycles. The molecule has 1 aromatic heterocycles. The maximum absolute atomic E-state index is 11.9. The van der Waals surface area contributed by atoms with E-state index in [9.17, 15) is 4.79 Å². The second kappa shape index (κ2) is 9.04. The normalized spacial score (nSPS) is 10.7. The van der Waals surface area contributed by atoms with Crippen molar-refractivity contribution >= 4 is 17.2 Å². The molecule has 0 radical (unpaired) electrons. The van der Waals surface area contributed by atoms with Crippen LogP contribution in [0.3, 0.4) is 0 Å². The highest BCUT2D eigenvalue weighted by Gasteiger charge is 2.10. The quantitative estimate of drug-likeness (QED) is 0.709. The van der Waals surface area contributed by atoms with E-state index in [0.29, 0.717) is 13.0 Å². The van der Waals surface area contributed by atoms with Crippen LogP contribution in [0, 0.1) is 0 Å². The van der Waals surface area contributed by atoms with E-state index in [4.69, 9.17) is 5.73 Å². The lowest BCUT2D eigenvalue weighted by Crippen LogP contribution is -2.25. The molecule has 19 heavy (non-hydrogen) atoms. The van der Waals surface area contributed by atoms with Gasteiger partial charge >= 0.3 is 0 Å². The number of rotatable bonds is 9.